The van der Waals surface area contributed by atoms with Gasteiger partial charge in [-0.3, -0.25) is 0 Å². The van der Waals surface area contributed by atoms with Crippen LogP contribution in [0.5, 0.6) is 0 Å². The third kappa shape index (κ3) is 102. The van der Waals surface area contributed by atoms with Crippen molar-refractivity contribution in [2.75, 3.05) is 13.1 Å². The second kappa shape index (κ2) is 12.5. The van der Waals surface area contributed by atoms with Crippen LogP contribution in [-0.4, -0.2) is 40.8 Å². The van der Waals surface area contributed by atoms with Gasteiger partial charge in [0.25, 0.3) is 5.92 Å². The molecule has 0 atom stereocenters. The molecule has 0 aromatic carbocycles. The highest BCUT2D eigenvalue weighted by Crippen LogP contribution is 2.23. The average molecular weight is 398 g/mol. The summed E-state index contributed by atoms with van der Waals surface area (Å²) in [4.78, 5) is 0. The Bertz CT molecular complexity index is 231. The minimum absolute atomic E-state index is 0. The molecule has 0 spiro atoms. The van der Waals surface area contributed by atoms with Gasteiger partial charge in [-0.2, -0.15) is 0 Å². The first-order chi connectivity index (χ1) is 9.71. The Morgan fingerprint density at radius 3 is 0.792 bits per heavy atom. The van der Waals surface area contributed by atoms with Crippen molar-refractivity contribution >= 4 is 21.8 Å². The maximum absolute atomic E-state index is 12.2. The minimum Gasteiger partial charge on any atom is -0.418 e. The fourth-order valence-corrected chi connectivity index (χ4v) is 0.793. The normalized spacial score (nSPS) is 16.8. The van der Waals surface area contributed by atoms with Crippen LogP contribution in [0.1, 0.15) is 20.3 Å². The fourth-order valence-electron chi connectivity index (χ4n) is 0.793. The van der Waals surface area contributed by atoms with E-state index in [1.165, 1.54) is 0 Å². The van der Waals surface area contributed by atoms with E-state index in [0.717, 1.165) is 0 Å². The maximum Gasteiger partial charge on any atom is 0.673 e. The lowest BCUT2D eigenvalue weighted by Crippen LogP contribution is -2.35. The molecule has 18 heteroatoms. The van der Waals surface area contributed by atoms with Crippen molar-refractivity contribution in [1.82, 2.24) is 5.32 Å². The lowest BCUT2D eigenvalue weighted by molar-refractivity contribution is -0.0274. The molecule has 0 aromatic heterocycles. The molecule has 1 N–H and O–H groups in total. The zero-order valence-electron chi connectivity index (χ0n) is 10.9. The summed E-state index contributed by atoms with van der Waals surface area (Å²) in [7, 11) is -18.0. The number of piperidine rings is 1. The van der Waals surface area contributed by atoms with Gasteiger partial charge in [-0.1, -0.05) is 7.43 Å². The molecule has 152 valence electrons. The molecule has 0 amide bonds. The van der Waals surface area contributed by atoms with Crippen molar-refractivity contribution in [2.24, 2.45) is 0 Å². The van der Waals surface area contributed by atoms with Gasteiger partial charge >= 0.3 is 21.8 Å². The van der Waals surface area contributed by atoms with Gasteiger partial charge in [0.15, 0.2) is 0 Å². The van der Waals surface area contributed by atoms with E-state index in [9.17, 15) is 60.6 Å². The van der Waals surface area contributed by atoms with Crippen LogP contribution in [0.2, 0.25) is 0 Å². The van der Waals surface area contributed by atoms with Gasteiger partial charge < -0.3 is 57.1 Å². The van der Waals surface area contributed by atoms with Crippen LogP contribution < -0.4 is 5.32 Å². The van der Waals surface area contributed by atoms with E-state index in [-0.39, 0.29) is 20.3 Å². The quantitative estimate of drug-likeness (QED) is 0.418. The highest BCUT2D eigenvalue weighted by atomic mass is 19.5. The molecular weight excluding hydrogens is 384 g/mol. The lowest BCUT2D eigenvalue weighted by Gasteiger charge is -2.21. The van der Waals surface area contributed by atoms with Crippen LogP contribution in [0, 0.1) is 0 Å². The van der Waals surface area contributed by atoms with E-state index in [1.54, 1.807) is 0 Å². The van der Waals surface area contributed by atoms with Gasteiger partial charge in [0.1, 0.15) is 0 Å². The van der Waals surface area contributed by atoms with Crippen LogP contribution in [-0.2, 0) is 0 Å². The summed E-state index contributed by atoms with van der Waals surface area (Å²) in [5.41, 5.74) is 0. The van der Waals surface area contributed by atoms with Crippen molar-refractivity contribution < 1.29 is 60.6 Å². The van der Waals surface area contributed by atoms with Gasteiger partial charge in [0, 0.05) is 25.9 Å². The third-order valence-electron chi connectivity index (χ3n) is 1.34. The minimum atomic E-state index is -6.00. The molecule has 0 unspecified atom stereocenters. The Morgan fingerprint density at radius 1 is 0.542 bits per heavy atom. The second-order valence-electron chi connectivity index (χ2n) is 3.59. The molecule has 1 saturated heterocycles. The number of hydrogen-bond acceptors (Lipinski definition) is 1. The van der Waals surface area contributed by atoms with E-state index < -0.39 is 27.7 Å². The average Bonchev–Trinajstić information content (AvgIpc) is 2.07. The molecule has 1 rings (SSSR count). The summed E-state index contributed by atoms with van der Waals surface area (Å²) >= 11 is 0. The molecule has 1 heterocycles. The number of alkyl halides is 2. The fraction of sp³-hybridized carbons (Fsp3) is 1.00. The topological polar surface area (TPSA) is 12.0 Å². The Morgan fingerprint density at radius 2 is 0.708 bits per heavy atom. The van der Waals surface area contributed by atoms with Crippen molar-refractivity contribution in [3.63, 3.8) is 0 Å². The zero-order chi connectivity index (χ0) is 19.5. The highest BCUT2D eigenvalue weighted by Gasteiger charge is 2.30. The highest BCUT2D eigenvalue weighted by molar-refractivity contribution is 6.50. The van der Waals surface area contributed by atoms with Gasteiger partial charge in [-0.15, -0.1) is 0 Å². The summed E-state index contributed by atoms with van der Waals surface area (Å²) < 4.78 is 141. The maximum atomic E-state index is 12.2. The Kier molecular flexibility index (Phi) is 16.2. The van der Waals surface area contributed by atoms with E-state index in [4.69, 9.17) is 0 Å². The number of halogens is 14. The lowest BCUT2D eigenvalue weighted by atomic mass is 10.1. The molecule has 1 aliphatic heterocycles. The monoisotopic (exact) mass is 398 g/mol. The van der Waals surface area contributed by atoms with E-state index in [1.807, 2.05) is 0 Å². The molecule has 0 aromatic rings. The van der Waals surface area contributed by atoms with Crippen molar-refractivity contribution in [3.05, 3.63) is 0 Å². The van der Waals surface area contributed by atoms with Gasteiger partial charge in [-0.25, -0.2) is 8.78 Å². The van der Waals surface area contributed by atoms with Gasteiger partial charge in [-0.05, 0) is 0 Å². The molecule has 0 aliphatic carbocycles. The molecular formula is C6H13B3F14N-3. The molecule has 1 aliphatic rings. The van der Waals surface area contributed by atoms with Gasteiger partial charge in [0.05, 0.1) is 0 Å². The van der Waals surface area contributed by atoms with Crippen LogP contribution in [0.15, 0.2) is 0 Å². The van der Waals surface area contributed by atoms with Crippen LogP contribution in [0.4, 0.5) is 60.6 Å². The molecule has 0 radical (unpaired) electrons. The van der Waals surface area contributed by atoms with Crippen LogP contribution in [0.25, 0.3) is 0 Å². The summed E-state index contributed by atoms with van der Waals surface area (Å²) in [5, 5.41) is 2.86. The largest absolute Gasteiger partial charge is 0.673 e. The SMILES string of the molecule is C.FC1(F)CCNCC1.F[B-](F)(F)F.F[B-](F)(F)F.F[B-](F)(F)F. The third-order valence-corrected chi connectivity index (χ3v) is 1.34. The molecule has 0 bridgehead atoms. The van der Waals surface area contributed by atoms with Crippen molar-refractivity contribution in [3.8, 4) is 0 Å². The summed E-state index contributed by atoms with van der Waals surface area (Å²) in [6.45, 7) is 0.931. The predicted molar refractivity (Wildman–Crippen MR) is 64.3 cm³/mol. The van der Waals surface area contributed by atoms with Gasteiger partial charge in [0.2, 0.25) is 0 Å². The van der Waals surface area contributed by atoms with Crippen LogP contribution in [0.3, 0.4) is 0 Å². The first-order valence-corrected chi connectivity index (χ1v) is 5.41. The zero-order valence-corrected chi connectivity index (χ0v) is 10.9. The summed E-state index contributed by atoms with van der Waals surface area (Å²) in [6.07, 6.45) is 0.0139. The first-order valence-electron chi connectivity index (χ1n) is 5.41. The standard InChI is InChI=1S/C5H9F2N.CH4.3BF4/c6-5(7)1-3-8-4-2-5;;3*2-1(3,4)5/h8H,1-4H2;1H4;;;/q;;3*-1. The van der Waals surface area contributed by atoms with E-state index in [2.05, 4.69) is 5.32 Å². The Labute approximate surface area is 128 Å². The Hall–Kier alpha value is -0.825. The second-order valence-corrected chi connectivity index (χ2v) is 3.59. The van der Waals surface area contributed by atoms with E-state index >= 15 is 0 Å². The van der Waals surface area contributed by atoms with Crippen molar-refractivity contribution in [2.45, 2.75) is 26.2 Å². The Balaban J connectivity index is -0.000000113. The molecule has 0 saturated carbocycles. The summed E-state index contributed by atoms with van der Waals surface area (Å²) in [5.74, 6) is -2.38. The predicted octanol–water partition coefficient (Wildman–Crippen LogP) is 5.54. The number of hydrogen-bond donors (Lipinski definition) is 1. The van der Waals surface area contributed by atoms with Crippen molar-refractivity contribution in [1.29, 1.82) is 0 Å². The first kappa shape index (κ1) is 31.0. The van der Waals surface area contributed by atoms with Crippen LogP contribution >= 0.6 is 0 Å². The molecule has 1 fully saturated rings. The summed E-state index contributed by atoms with van der Waals surface area (Å²) in [6, 6.07) is 0. The number of nitrogens with one attached hydrogen (secondary N) is 1. The molecule has 24 heavy (non-hydrogen) atoms. The molecule has 1 nitrogen and oxygen atoms in total. The van der Waals surface area contributed by atoms with E-state index in [0.29, 0.717) is 13.1 Å². The smallest absolute Gasteiger partial charge is 0.418 e. The number of rotatable bonds is 0.